The summed E-state index contributed by atoms with van der Waals surface area (Å²) >= 11 is 0. The van der Waals surface area contributed by atoms with E-state index < -0.39 is 0 Å². The van der Waals surface area contributed by atoms with Crippen molar-refractivity contribution in [3.05, 3.63) is 66.8 Å². The predicted molar refractivity (Wildman–Crippen MR) is 83.5 cm³/mol. The van der Waals surface area contributed by atoms with E-state index in [9.17, 15) is 5.11 Å². The number of aromatic hydroxyl groups is 1. The van der Waals surface area contributed by atoms with Gasteiger partial charge in [-0.2, -0.15) is 6.08 Å². The Morgan fingerprint density at radius 1 is 0.905 bits per heavy atom. The van der Waals surface area contributed by atoms with Gasteiger partial charge < -0.3 is 15.3 Å². The van der Waals surface area contributed by atoms with Crippen LogP contribution in [0.15, 0.2) is 60.7 Å². The molecule has 112 valence electrons. The van der Waals surface area contributed by atoms with Crippen LogP contribution in [0.5, 0.6) is 5.75 Å². The zero-order valence-electron chi connectivity index (χ0n) is 12.3. The van der Waals surface area contributed by atoms with E-state index in [1.165, 1.54) is 0 Å². The summed E-state index contributed by atoms with van der Waals surface area (Å²) in [7, 11) is 2.00. The fourth-order valence-corrected chi connectivity index (χ4v) is 1.55. The van der Waals surface area contributed by atoms with Crippen LogP contribution in [0.3, 0.4) is 0 Å². The van der Waals surface area contributed by atoms with Gasteiger partial charge in [-0.05, 0) is 11.5 Å². The van der Waals surface area contributed by atoms with Crippen LogP contribution < -0.4 is 0 Å². The number of phenolic OH excluding ortho intramolecular Hbond substituents is 1. The van der Waals surface area contributed by atoms with E-state index in [0.717, 1.165) is 31.4 Å². The first-order chi connectivity index (χ1) is 9.88. The number of hydrogen-bond donors (Lipinski definition) is 3. The number of phenols is 1. The van der Waals surface area contributed by atoms with Crippen molar-refractivity contribution in [2.75, 3.05) is 14.2 Å². The van der Waals surface area contributed by atoms with Crippen LogP contribution in [0.25, 0.3) is 10.8 Å². The van der Waals surface area contributed by atoms with Crippen molar-refractivity contribution in [2.45, 2.75) is 6.42 Å². The van der Waals surface area contributed by atoms with Gasteiger partial charge in [-0.1, -0.05) is 36.4 Å². The minimum atomic E-state index is 0. The summed E-state index contributed by atoms with van der Waals surface area (Å²) in [5.74, 6) is 0.350. The summed E-state index contributed by atoms with van der Waals surface area (Å²) in [6, 6.07) is 13.3. The Labute approximate surface area is 141 Å². The molecule has 0 bridgehead atoms. The third-order valence-corrected chi connectivity index (χ3v) is 2.35. The molecule has 0 atom stereocenters. The van der Waals surface area contributed by atoms with Gasteiger partial charge in [-0.15, -0.1) is 6.42 Å². The van der Waals surface area contributed by atoms with Crippen molar-refractivity contribution < 1.29 is 37.0 Å². The summed E-state index contributed by atoms with van der Waals surface area (Å²) in [5.41, 5.74) is 0. The monoisotopic (exact) mass is 321 g/mol. The van der Waals surface area contributed by atoms with Gasteiger partial charge in [0, 0.05) is 41.3 Å². The number of rotatable bonds is 0. The molecule has 0 unspecified atom stereocenters. The van der Waals surface area contributed by atoms with Crippen LogP contribution in [-0.2, 0) is 21.7 Å². The molecule has 1 aliphatic carbocycles. The third kappa shape index (κ3) is 8.48. The SMILES string of the molecule is CO.CO.Oc1cccc2ccccc12.[C-]1=CC=CC1.[Ti]. The van der Waals surface area contributed by atoms with E-state index in [0.29, 0.717) is 5.75 Å². The van der Waals surface area contributed by atoms with Gasteiger partial charge in [0.15, 0.2) is 0 Å². The smallest absolute Gasteiger partial charge is 0.123 e. The van der Waals surface area contributed by atoms with E-state index in [-0.39, 0.29) is 21.7 Å². The maximum absolute atomic E-state index is 9.37. The van der Waals surface area contributed by atoms with Gasteiger partial charge in [-0.3, -0.25) is 6.08 Å². The first kappa shape index (κ1) is 21.9. The van der Waals surface area contributed by atoms with E-state index >= 15 is 0 Å². The van der Waals surface area contributed by atoms with E-state index in [4.69, 9.17) is 10.2 Å². The fraction of sp³-hybridized carbons (Fsp3) is 0.176. The first-order valence-corrected chi connectivity index (χ1v) is 6.16. The Balaban J connectivity index is 0. The number of benzene rings is 2. The molecule has 0 spiro atoms. The Kier molecular flexibility index (Phi) is 15.7. The number of aliphatic hydroxyl groups excluding tert-OH is 2. The molecule has 2 aromatic rings. The molecule has 0 aliphatic heterocycles. The molecular weight excluding hydrogens is 300 g/mol. The summed E-state index contributed by atoms with van der Waals surface area (Å²) in [5, 5.41) is 25.4. The van der Waals surface area contributed by atoms with Crippen molar-refractivity contribution in [1.29, 1.82) is 0 Å². The number of aliphatic hydroxyl groups is 2. The predicted octanol–water partition coefficient (Wildman–Crippen LogP) is 3.07. The number of hydrogen-bond acceptors (Lipinski definition) is 3. The summed E-state index contributed by atoms with van der Waals surface area (Å²) in [6.07, 6.45) is 10.0. The molecule has 3 nitrogen and oxygen atoms in total. The molecule has 0 fully saturated rings. The van der Waals surface area contributed by atoms with Crippen molar-refractivity contribution in [3.63, 3.8) is 0 Å². The molecule has 1 aliphatic rings. The van der Waals surface area contributed by atoms with Crippen molar-refractivity contribution in [2.24, 2.45) is 0 Å². The number of allylic oxidation sites excluding steroid dienone is 4. The van der Waals surface area contributed by atoms with Gasteiger partial charge >= 0.3 is 0 Å². The molecule has 0 saturated carbocycles. The van der Waals surface area contributed by atoms with Gasteiger partial charge in [-0.25, -0.2) is 12.2 Å². The topological polar surface area (TPSA) is 60.7 Å². The van der Waals surface area contributed by atoms with Crippen molar-refractivity contribution in [3.8, 4) is 5.75 Å². The molecule has 2 aromatic carbocycles. The van der Waals surface area contributed by atoms with Crippen molar-refractivity contribution in [1.82, 2.24) is 0 Å². The first-order valence-electron chi connectivity index (χ1n) is 6.16. The van der Waals surface area contributed by atoms with Gasteiger partial charge in [0.1, 0.15) is 5.75 Å². The molecule has 0 aromatic heterocycles. The van der Waals surface area contributed by atoms with Crippen LogP contribution in [0.1, 0.15) is 6.42 Å². The Morgan fingerprint density at radius 2 is 1.52 bits per heavy atom. The summed E-state index contributed by atoms with van der Waals surface area (Å²) < 4.78 is 0. The third-order valence-electron chi connectivity index (χ3n) is 2.35. The molecule has 4 heteroatoms. The summed E-state index contributed by atoms with van der Waals surface area (Å²) in [6.45, 7) is 0. The molecule has 3 rings (SSSR count). The van der Waals surface area contributed by atoms with Gasteiger partial charge in [0.2, 0.25) is 0 Å². The zero-order chi connectivity index (χ0) is 15.2. The molecule has 21 heavy (non-hydrogen) atoms. The fourth-order valence-electron chi connectivity index (χ4n) is 1.55. The van der Waals surface area contributed by atoms with Gasteiger partial charge in [0.05, 0.1) is 0 Å². The van der Waals surface area contributed by atoms with Crippen LogP contribution in [-0.4, -0.2) is 29.5 Å². The Bertz CT molecular complexity index is 521. The van der Waals surface area contributed by atoms with Gasteiger partial charge in [0.25, 0.3) is 0 Å². The van der Waals surface area contributed by atoms with Crippen LogP contribution in [0.2, 0.25) is 0 Å². The Morgan fingerprint density at radius 3 is 2.00 bits per heavy atom. The molecule has 3 N–H and O–H groups in total. The molecular formula is C17H21O3Ti-. The van der Waals surface area contributed by atoms with Crippen LogP contribution in [0.4, 0.5) is 0 Å². The number of fused-ring (bicyclic) bond motifs is 1. The minimum Gasteiger partial charge on any atom is -0.507 e. The second-order valence-corrected chi connectivity index (χ2v) is 3.50. The van der Waals surface area contributed by atoms with Crippen molar-refractivity contribution >= 4 is 10.8 Å². The zero-order valence-corrected chi connectivity index (χ0v) is 13.9. The summed E-state index contributed by atoms with van der Waals surface area (Å²) in [4.78, 5) is 0. The average molecular weight is 321 g/mol. The molecule has 0 radical (unpaired) electrons. The average Bonchev–Trinajstić information content (AvgIpc) is 3.12. The maximum Gasteiger partial charge on any atom is 0.123 e. The second-order valence-electron chi connectivity index (χ2n) is 3.50. The standard InChI is InChI=1S/C10H8O.C5H5.2CH4O.Ti/c11-10-7-3-5-8-4-1-2-6-9(8)10;1-2-4-5-3-1;2*1-2;/h1-7,11H;1-3H,4H2;2*2H,1H3;/q;-1;;;. The second kappa shape index (κ2) is 15.0. The minimum absolute atomic E-state index is 0. The normalized spacial score (nSPS) is 10.1. The molecule has 0 amide bonds. The van der Waals surface area contributed by atoms with E-state index in [1.54, 1.807) is 6.07 Å². The van der Waals surface area contributed by atoms with Crippen LogP contribution >= 0.6 is 0 Å². The van der Waals surface area contributed by atoms with E-state index in [2.05, 4.69) is 12.2 Å². The maximum atomic E-state index is 9.37. The quantitative estimate of drug-likeness (QED) is 0.516. The largest absolute Gasteiger partial charge is 0.507 e. The van der Waals surface area contributed by atoms with Crippen LogP contribution in [0, 0.1) is 6.08 Å². The van der Waals surface area contributed by atoms with E-state index in [1.807, 2.05) is 48.6 Å². The molecule has 0 heterocycles. The molecule has 0 saturated heterocycles. The Hall–Kier alpha value is -1.39.